The zero-order chi connectivity index (χ0) is 14.5. The summed E-state index contributed by atoms with van der Waals surface area (Å²) < 4.78 is 13.1. The Morgan fingerprint density at radius 2 is 2.05 bits per heavy atom. The van der Waals surface area contributed by atoms with Crippen LogP contribution in [0.4, 0.5) is 15.8 Å². The summed E-state index contributed by atoms with van der Waals surface area (Å²) in [6, 6.07) is 5.70. The average Bonchev–Trinajstić information content (AvgIpc) is 2.39. The smallest absolute Gasteiger partial charge is 0.134 e. The van der Waals surface area contributed by atoms with Gasteiger partial charge in [-0.1, -0.05) is 6.07 Å². The van der Waals surface area contributed by atoms with Crippen molar-refractivity contribution >= 4 is 17.2 Å². The number of Topliss-reactive ketones (excluding diaryl/α,β-unsaturated/α-hetero) is 1. The molecule has 110 valence electrons. The number of carbonyl (C=O) groups excluding carboxylic acids is 1. The Hall–Kier alpha value is -1.58. The van der Waals surface area contributed by atoms with E-state index < -0.39 is 6.17 Å². The largest absolute Gasteiger partial charge is 0.397 e. The Kier molecular flexibility index (Phi) is 4.99. The van der Waals surface area contributed by atoms with Gasteiger partial charge in [0.15, 0.2) is 0 Å². The summed E-state index contributed by atoms with van der Waals surface area (Å²) in [5, 5.41) is 3.35. The van der Waals surface area contributed by atoms with Gasteiger partial charge in [0.1, 0.15) is 12.0 Å². The molecule has 3 N–H and O–H groups in total. The molecule has 1 saturated carbocycles. The van der Waals surface area contributed by atoms with Crippen molar-refractivity contribution in [3.05, 3.63) is 23.8 Å². The molecule has 0 spiro atoms. The molecule has 1 aromatic carbocycles. The molecule has 3 nitrogen and oxygen atoms in total. The molecule has 0 radical (unpaired) electrons. The molecule has 4 heteroatoms. The Labute approximate surface area is 119 Å². The molecule has 1 aromatic rings. The summed E-state index contributed by atoms with van der Waals surface area (Å²) in [5.74, 6) is 0.659. The molecule has 0 aromatic heterocycles. The van der Waals surface area contributed by atoms with Crippen LogP contribution in [0.25, 0.3) is 0 Å². The number of nitrogen functional groups attached to an aromatic ring is 1. The van der Waals surface area contributed by atoms with Gasteiger partial charge in [-0.2, -0.15) is 0 Å². The van der Waals surface area contributed by atoms with Gasteiger partial charge in [-0.25, -0.2) is 4.39 Å². The molecule has 0 amide bonds. The van der Waals surface area contributed by atoms with E-state index in [1.807, 2.05) is 18.2 Å². The van der Waals surface area contributed by atoms with Crippen LogP contribution >= 0.6 is 0 Å². The highest BCUT2D eigenvalue weighted by molar-refractivity contribution is 5.79. The van der Waals surface area contributed by atoms with Crippen molar-refractivity contribution in [2.24, 2.45) is 5.92 Å². The lowest BCUT2D eigenvalue weighted by Gasteiger charge is -2.25. The third kappa shape index (κ3) is 4.22. The predicted molar refractivity (Wildman–Crippen MR) is 80.6 cm³/mol. The molecular weight excluding hydrogens is 255 g/mol. The minimum atomic E-state index is -0.609. The first-order valence-electron chi connectivity index (χ1n) is 7.30. The number of benzene rings is 1. The van der Waals surface area contributed by atoms with Crippen LogP contribution in [0, 0.1) is 5.92 Å². The number of nitrogens with one attached hydrogen (secondary N) is 1. The molecule has 0 saturated heterocycles. The van der Waals surface area contributed by atoms with Crippen molar-refractivity contribution < 1.29 is 9.18 Å². The fourth-order valence-corrected chi connectivity index (χ4v) is 2.75. The van der Waals surface area contributed by atoms with Crippen molar-refractivity contribution in [1.82, 2.24) is 0 Å². The van der Waals surface area contributed by atoms with E-state index in [0.29, 0.717) is 30.9 Å². The lowest BCUT2D eigenvalue weighted by Crippen LogP contribution is -2.22. The summed E-state index contributed by atoms with van der Waals surface area (Å²) in [6.07, 6.45) is 3.05. The molecule has 1 fully saturated rings. The number of nitrogens with two attached hydrogens (primary N) is 1. The summed E-state index contributed by atoms with van der Waals surface area (Å²) in [5.41, 5.74) is 8.52. The van der Waals surface area contributed by atoms with Crippen molar-refractivity contribution in [2.45, 2.75) is 45.2 Å². The van der Waals surface area contributed by atoms with E-state index in [9.17, 15) is 9.18 Å². The standard InChI is InChI=1S/C16H23FN2O/c1-11(20)8-13-4-7-16(15(18)9-13)19-10-12-2-5-14(17)6-3-12/h4,7,9,12,14,19H,2-3,5-6,8,10,18H2,1H3. The van der Waals surface area contributed by atoms with Gasteiger partial charge in [0.2, 0.25) is 0 Å². The van der Waals surface area contributed by atoms with Crippen molar-refractivity contribution in [3.8, 4) is 0 Å². The minimum absolute atomic E-state index is 0.132. The maximum atomic E-state index is 13.1. The molecule has 0 unspecified atom stereocenters. The van der Waals surface area contributed by atoms with Crippen molar-refractivity contribution in [1.29, 1.82) is 0 Å². The van der Waals surface area contributed by atoms with Gasteiger partial charge in [-0.15, -0.1) is 0 Å². The van der Waals surface area contributed by atoms with Crippen molar-refractivity contribution in [2.75, 3.05) is 17.6 Å². The maximum absolute atomic E-state index is 13.1. The summed E-state index contributed by atoms with van der Waals surface area (Å²) in [6.45, 7) is 2.41. The summed E-state index contributed by atoms with van der Waals surface area (Å²) in [7, 11) is 0. The highest BCUT2D eigenvalue weighted by atomic mass is 19.1. The van der Waals surface area contributed by atoms with Crippen LogP contribution in [0.5, 0.6) is 0 Å². The lowest BCUT2D eigenvalue weighted by molar-refractivity contribution is -0.116. The third-order valence-corrected chi connectivity index (χ3v) is 3.93. The number of hydrogen-bond acceptors (Lipinski definition) is 3. The van der Waals surface area contributed by atoms with Crippen LogP contribution in [0.3, 0.4) is 0 Å². The fraction of sp³-hybridized carbons (Fsp3) is 0.562. The van der Waals surface area contributed by atoms with Gasteiger partial charge >= 0.3 is 0 Å². The molecule has 0 bridgehead atoms. The molecular formula is C16H23FN2O. The molecule has 2 rings (SSSR count). The van der Waals surface area contributed by atoms with Crippen LogP contribution < -0.4 is 11.1 Å². The minimum Gasteiger partial charge on any atom is -0.397 e. The molecule has 0 atom stereocenters. The first kappa shape index (κ1) is 14.8. The highest BCUT2D eigenvalue weighted by Gasteiger charge is 2.20. The van der Waals surface area contributed by atoms with Crippen molar-refractivity contribution in [3.63, 3.8) is 0 Å². The predicted octanol–water partition coefficient (Wildman–Crippen LogP) is 3.34. The second-order valence-electron chi connectivity index (χ2n) is 5.80. The summed E-state index contributed by atoms with van der Waals surface area (Å²) in [4.78, 5) is 11.1. The third-order valence-electron chi connectivity index (χ3n) is 3.93. The van der Waals surface area contributed by atoms with Gasteiger partial charge in [0.25, 0.3) is 0 Å². The molecule has 0 aliphatic heterocycles. The zero-order valence-electron chi connectivity index (χ0n) is 12.0. The monoisotopic (exact) mass is 278 g/mol. The van der Waals surface area contributed by atoms with Crippen LogP contribution in [0.2, 0.25) is 0 Å². The Morgan fingerprint density at radius 3 is 2.65 bits per heavy atom. The topological polar surface area (TPSA) is 55.1 Å². The number of rotatable bonds is 5. The number of alkyl halides is 1. The van der Waals surface area contributed by atoms with Gasteiger partial charge in [0, 0.05) is 13.0 Å². The molecule has 0 heterocycles. The van der Waals surface area contributed by atoms with E-state index in [0.717, 1.165) is 30.6 Å². The molecule has 1 aliphatic rings. The molecule has 1 aliphatic carbocycles. The van der Waals surface area contributed by atoms with E-state index in [1.54, 1.807) is 6.92 Å². The van der Waals surface area contributed by atoms with E-state index in [1.165, 1.54) is 0 Å². The number of ketones is 1. The lowest BCUT2D eigenvalue weighted by atomic mass is 9.88. The number of anilines is 2. The van der Waals surface area contributed by atoms with Crippen LogP contribution in [-0.4, -0.2) is 18.5 Å². The second kappa shape index (κ2) is 6.73. The number of halogens is 1. The van der Waals surface area contributed by atoms with Crippen LogP contribution in [0.1, 0.15) is 38.2 Å². The fourth-order valence-electron chi connectivity index (χ4n) is 2.75. The first-order valence-corrected chi connectivity index (χ1v) is 7.30. The van der Waals surface area contributed by atoms with E-state index >= 15 is 0 Å². The zero-order valence-corrected chi connectivity index (χ0v) is 12.0. The van der Waals surface area contributed by atoms with Gasteiger partial charge in [-0.05, 0) is 56.2 Å². The SMILES string of the molecule is CC(=O)Cc1ccc(NCC2CCC(F)CC2)c(N)c1. The van der Waals surface area contributed by atoms with E-state index in [2.05, 4.69) is 5.32 Å². The van der Waals surface area contributed by atoms with Crippen LogP contribution in [-0.2, 0) is 11.2 Å². The first-order chi connectivity index (χ1) is 9.54. The Morgan fingerprint density at radius 1 is 1.35 bits per heavy atom. The van der Waals surface area contributed by atoms with Gasteiger partial charge in [-0.3, -0.25) is 4.79 Å². The normalized spacial score (nSPS) is 22.5. The van der Waals surface area contributed by atoms with Crippen LogP contribution in [0.15, 0.2) is 18.2 Å². The van der Waals surface area contributed by atoms with E-state index in [-0.39, 0.29) is 5.78 Å². The number of carbonyl (C=O) groups is 1. The average molecular weight is 278 g/mol. The Bertz CT molecular complexity index is 468. The number of hydrogen-bond donors (Lipinski definition) is 2. The molecule has 20 heavy (non-hydrogen) atoms. The van der Waals surface area contributed by atoms with Gasteiger partial charge < -0.3 is 11.1 Å². The second-order valence-corrected chi connectivity index (χ2v) is 5.80. The van der Waals surface area contributed by atoms with E-state index in [4.69, 9.17) is 5.73 Å². The quantitative estimate of drug-likeness (QED) is 0.812. The summed E-state index contributed by atoms with van der Waals surface area (Å²) >= 11 is 0. The highest BCUT2D eigenvalue weighted by Crippen LogP contribution is 2.27. The maximum Gasteiger partial charge on any atom is 0.134 e. The Balaban J connectivity index is 1.88. The van der Waals surface area contributed by atoms with Gasteiger partial charge in [0.05, 0.1) is 11.4 Å².